The molecule has 0 fully saturated rings. The third-order valence-electron chi connectivity index (χ3n) is 2.02. The van der Waals surface area contributed by atoms with Crippen LogP contribution in [0.3, 0.4) is 0 Å². The molecule has 0 bridgehead atoms. The Kier molecular flexibility index (Phi) is 4.43. The van der Waals surface area contributed by atoms with Gasteiger partial charge >= 0.3 is 0 Å². The molecule has 3 nitrogen and oxygen atoms in total. The number of alkyl halides is 1. The highest BCUT2D eigenvalue weighted by Gasteiger charge is 2.09. The first-order valence-corrected chi connectivity index (χ1v) is 5.03. The van der Waals surface area contributed by atoms with E-state index in [1.807, 2.05) is 0 Å². The number of carbonyl (C=O) groups is 1. The third-order valence-corrected chi connectivity index (χ3v) is 2.32. The van der Waals surface area contributed by atoms with Crippen molar-refractivity contribution in [1.29, 1.82) is 0 Å². The number of ether oxygens (including phenoxy) is 2. The van der Waals surface area contributed by atoms with E-state index in [1.165, 1.54) is 0 Å². The molecule has 0 spiro atoms. The van der Waals surface area contributed by atoms with Gasteiger partial charge in [-0.3, -0.25) is 4.79 Å². The predicted octanol–water partition coefficient (Wildman–Crippen LogP) is 2.05. The molecule has 0 aliphatic heterocycles. The zero-order valence-corrected chi connectivity index (χ0v) is 9.50. The highest BCUT2D eigenvalue weighted by Crippen LogP contribution is 2.24. The maximum atomic E-state index is 11.2. The van der Waals surface area contributed by atoms with Gasteiger partial charge in [-0.1, -0.05) is 0 Å². The van der Waals surface area contributed by atoms with E-state index in [1.54, 1.807) is 32.4 Å². The number of methoxy groups -OCH3 is 2. The van der Waals surface area contributed by atoms with E-state index in [2.05, 4.69) is 0 Å². The van der Waals surface area contributed by atoms with E-state index < -0.39 is 0 Å². The molecule has 0 saturated carbocycles. The molecule has 1 aromatic carbocycles. The minimum Gasteiger partial charge on any atom is -0.497 e. The molecule has 0 saturated heterocycles. The lowest BCUT2D eigenvalue weighted by molar-refractivity contribution is -0.116. The SMILES string of the molecule is COc1ccc(OC)c(CC(=O)CCl)c1. The molecule has 82 valence electrons. The van der Waals surface area contributed by atoms with Crippen molar-refractivity contribution in [2.45, 2.75) is 6.42 Å². The lowest BCUT2D eigenvalue weighted by Gasteiger charge is -2.09. The number of Topliss-reactive ketones (excluding diaryl/α,β-unsaturated/α-hetero) is 1. The lowest BCUT2D eigenvalue weighted by atomic mass is 10.1. The number of rotatable bonds is 5. The average Bonchev–Trinajstić information content (AvgIpc) is 2.28. The van der Waals surface area contributed by atoms with Crippen molar-refractivity contribution >= 4 is 17.4 Å². The summed E-state index contributed by atoms with van der Waals surface area (Å²) in [6.07, 6.45) is 0.268. The fraction of sp³-hybridized carbons (Fsp3) is 0.364. The van der Waals surface area contributed by atoms with Crippen LogP contribution in [0.15, 0.2) is 18.2 Å². The Balaban J connectivity index is 2.95. The van der Waals surface area contributed by atoms with E-state index in [0.717, 1.165) is 5.56 Å². The topological polar surface area (TPSA) is 35.5 Å². The van der Waals surface area contributed by atoms with Crippen LogP contribution >= 0.6 is 11.6 Å². The molecule has 0 aliphatic rings. The van der Waals surface area contributed by atoms with Crippen LogP contribution in [-0.4, -0.2) is 25.9 Å². The summed E-state index contributed by atoms with van der Waals surface area (Å²) in [5.74, 6) is 1.35. The summed E-state index contributed by atoms with van der Waals surface area (Å²) in [5.41, 5.74) is 0.794. The van der Waals surface area contributed by atoms with Gasteiger partial charge in [0.05, 0.1) is 20.1 Å². The van der Waals surface area contributed by atoms with Crippen molar-refractivity contribution in [2.24, 2.45) is 0 Å². The Morgan fingerprint density at radius 2 is 2.07 bits per heavy atom. The van der Waals surface area contributed by atoms with E-state index in [0.29, 0.717) is 11.5 Å². The van der Waals surface area contributed by atoms with Gasteiger partial charge in [0.15, 0.2) is 5.78 Å². The van der Waals surface area contributed by atoms with E-state index in [-0.39, 0.29) is 18.1 Å². The van der Waals surface area contributed by atoms with Gasteiger partial charge < -0.3 is 9.47 Å². The number of hydrogen-bond acceptors (Lipinski definition) is 3. The van der Waals surface area contributed by atoms with Crippen LogP contribution in [0.2, 0.25) is 0 Å². The Morgan fingerprint density at radius 1 is 1.33 bits per heavy atom. The summed E-state index contributed by atoms with van der Waals surface area (Å²) in [7, 11) is 3.14. The van der Waals surface area contributed by atoms with Gasteiger partial charge in [0, 0.05) is 12.0 Å². The van der Waals surface area contributed by atoms with Crippen LogP contribution in [0.4, 0.5) is 0 Å². The summed E-state index contributed by atoms with van der Waals surface area (Å²) in [6.45, 7) is 0. The molecule has 1 rings (SSSR count). The standard InChI is InChI=1S/C11H13ClO3/c1-14-10-3-4-11(15-2)8(6-10)5-9(13)7-12/h3-4,6H,5,7H2,1-2H3. The first-order chi connectivity index (χ1) is 7.21. The second kappa shape index (κ2) is 5.61. The van der Waals surface area contributed by atoms with Crippen molar-refractivity contribution < 1.29 is 14.3 Å². The van der Waals surface area contributed by atoms with Crippen molar-refractivity contribution in [3.05, 3.63) is 23.8 Å². The number of benzene rings is 1. The van der Waals surface area contributed by atoms with E-state index in [9.17, 15) is 4.79 Å². The van der Waals surface area contributed by atoms with Crippen LogP contribution in [0, 0.1) is 0 Å². The van der Waals surface area contributed by atoms with Gasteiger partial charge in [0.25, 0.3) is 0 Å². The van der Waals surface area contributed by atoms with Gasteiger partial charge in [-0.05, 0) is 18.2 Å². The molecule has 0 aromatic heterocycles. The first-order valence-electron chi connectivity index (χ1n) is 4.49. The fourth-order valence-corrected chi connectivity index (χ4v) is 1.37. The Labute approximate surface area is 93.9 Å². The van der Waals surface area contributed by atoms with Crippen LogP contribution in [0.25, 0.3) is 0 Å². The average molecular weight is 229 g/mol. The normalized spacial score (nSPS) is 9.80. The van der Waals surface area contributed by atoms with Gasteiger partial charge in [-0.15, -0.1) is 11.6 Å². The monoisotopic (exact) mass is 228 g/mol. The molecule has 0 aliphatic carbocycles. The molecule has 0 N–H and O–H groups in total. The molecule has 0 atom stereocenters. The fourth-order valence-electron chi connectivity index (χ4n) is 1.28. The molecule has 0 unspecified atom stereocenters. The van der Waals surface area contributed by atoms with E-state index in [4.69, 9.17) is 21.1 Å². The summed E-state index contributed by atoms with van der Waals surface area (Å²) in [5, 5.41) is 0. The highest BCUT2D eigenvalue weighted by molar-refractivity contribution is 6.27. The van der Waals surface area contributed by atoms with Crippen molar-refractivity contribution in [3.63, 3.8) is 0 Å². The number of ketones is 1. The third kappa shape index (κ3) is 3.13. The van der Waals surface area contributed by atoms with Crippen LogP contribution in [0.1, 0.15) is 5.56 Å². The zero-order chi connectivity index (χ0) is 11.3. The van der Waals surface area contributed by atoms with Gasteiger partial charge in [-0.25, -0.2) is 0 Å². The second-order valence-electron chi connectivity index (χ2n) is 3.03. The van der Waals surface area contributed by atoms with Crippen LogP contribution in [-0.2, 0) is 11.2 Å². The summed E-state index contributed by atoms with van der Waals surface area (Å²) < 4.78 is 10.2. The predicted molar refractivity (Wildman–Crippen MR) is 59.0 cm³/mol. The minimum atomic E-state index is -0.0387. The van der Waals surface area contributed by atoms with Crippen molar-refractivity contribution in [3.8, 4) is 11.5 Å². The highest BCUT2D eigenvalue weighted by atomic mass is 35.5. The minimum absolute atomic E-state index is 0.0143. The van der Waals surface area contributed by atoms with Crippen LogP contribution in [0.5, 0.6) is 11.5 Å². The molecular weight excluding hydrogens is 216 g/mol. The summed E-state index contributed by atoms with van der Waals surface area (Å²) in [6, 6.07) is 5.34. The van der Waals surface area contributed by atoms with Crippen molar-refractivity contribution in [2.75, 3.05) is 20.1 Å². The van der Waals surface area contributed by atoms with Crippen molar-refractivity contribution in [1.82, 2.24) is 0 Å². The molecule has 0 amide bonds. The maximum absolute atomic E-state index is 11.2. The summed E-state index contributed by atoms with van der Waals surface area (Å²) >= 11 is 5.45. The number of hydrogen-bond donors (Lipinski definition) is 0. The van der Waals surface area contributed by atoms with Gasteiger partial charge in [0.1, 0.15) is 11.5 Å². The molecular formula is C11H13ClO3. The van der Waals surface area contributed by atoms with Crippen LogP contribution < -0.4 is 9.47 Å². The quantitative estimate of drug-likeness (QED) is 0.724. The molecule has 0 heterocycles. The first kappa shape index (κ1) is 11.9. The second-order valence-corrected chi connectivity index (χ2v) is 3.29. The van der Waals surface area contributed by atoms with Gasteiger partial charge in [0.2, 0.25) is 0 Å². The molecule has 1 aromatic rings. The Morgan fingerprint density at radius 3 is 2.60 bits per heavy atom. The van der Waals surface area contributed by atoms with E-state index >= 15 is 0 Å². The molecule has 15 heavy (non-hydrogen) atoms. The number of carbonyl (C=O) groups excluding carboxylic acids is 1. The smallest absolute Gasteiger partial charge is 0.152 e. The number of halogens is 1. The largest absolute Gasteiger partial charge is 0.497 e. The Hall–Kier alpha value is -1.22. The molecule has 4 heteroatoms. The summed E-state index contributed by atoms with van der Waals surface area (Å²) in [4.78, 5) is 11.2. The molecule has 0 radical (unpaired) electrons. The Bertz CT molecular complexity index is 350. The zero-order valence-electron chi connectivity index (χ0n) is 8.75. The lowest BCUT2D eigenvalue weighted by Crippen LogP contribution is -2.05. The maximum Gasteiger partial charge on any atom is 0.152 e. The van der Waals surface area contributed by atoms with Gasteiger partial charge in [-0.2, -0.15) is 0 Å².